The average Bonchev–Trinajstić information content (AvgIpc) is 3.28. The topological polar surface area (TPSA) is 107 Å². The Kier molecular flexibility index (Phi) is 7.53. The van der Waals surface area contributed by atoms with Gasteiger partial charge in [-0.05, 0) is 73.4 Å². The Hall–Kier alpha value is -2.88. The van der Waals surface area contributed by atoms with Gasteiger partial charge in [-0.2, -0.15) is 0 Å². The summed E-state index contributed by atoms with van der Waals surface area (Å²) in [4.78, 5) is 38.4. The summed E-state index contributed by atoms with van der Waals surface area (Å²) in [6.07, 6.45) is 3.39. The Labute approximate surface area is 227 Å². The van der Waals surface area contributed by atoms with E-state index in [4.69, 9.17) is 4.98 Å². The molecule has 3 heterocycles. The molecule has 1 aromatic carbocycles. The number of amides is 2. The number of carbonyl (C=O) groups excluding carboxylic acids is 2. The van der Waals surface area contributed by atoms with Crippen molar-refractivity contribution >= 4 is 33.5 Å². The minimum atomic E-state index is -0.448. The lowest BCUT2D eigenvalue weighted by molar-refractivity contribution is 0.0857. The molecule has 2 aromatic heterocycles. The standard InChI is InChI=1S/C29H37N5O3S/c1-29(2,3)20-8-9-22-19(13-20)14-24-27(32-22)38-28(33-24)26(37)31-23(10-11-35)17-6-5-7-18(12-17)25(36)30-21-15-34(4)16-21/h5-7,12,14,20-21,23,35H,8-11,13,15-16H2,1-4H3,(H,30,36)(H,31,37)/t20?,23-/m1/s1. The molecule has 3 N–H and O–H groups in total. The summed E-state index contributed by atoms with van der Waals surface area (Å²) in [6.45, 7) is 8.45. The third-order valence-electron chi connectivity index (χ3n) is 7.84. The zero-order valence-electron chi connectivity index (χ0n) is 22.6. The molecule has 8 nitrogen and oxygen atoms in total. The zero-order chi connectivity index (χ0) is 27.0. The Bertz CT molecular complexity index is 1340. The maximum Gasteiger partial charge on any atom is 0.280 e. The number of nitrogens with one attached hydrogen (secondary N) is 2. The number of fused-ring (bicyclic) bond motifs is 2. The molecule has 0 bridgehead atoms. The predicted octanol–water partition coefficient (Wildman–Crippen LogP) is 3.74. The Morgan fingerprint density at radius 2 is 1.97 bits per heavy atom. The summed E-state index contributed by atoms with van der Waals surface area (Å²) in [6, 6.07) is 9.05. The molecule has 1 fully saturated rings. The van der Waals surface area contributed by atoms with E-state index < -0.39 is 6.04 Å². The Balaban J connectivity index is 1.32. The maximum absolute atomic E-state index is 13.3. The van der Waals surface area contributed by atoms with Crippen LogP contribution in [0.15, 0.2) is 30.3 Å². The molecule has 2 atom stereocenters. The van der Waals surface area contributed by atoms with Gasteiger partial charge in [-0.1, -0.05) is 44.2 Å². The minimum Gasteiger partial charge on any atom is -0.396 e. The third kappa shape index (κ3) is 5.75. The highest BCUT2D eigenvalue weighted by Crippen LogP contribution is 2.38. The van der Waals surface area contributed by atoms with E-state index in [2.05, 4.69) is 47.4 Å². The number of aliphatic hydroxyl groups is 1. The molecule has 2 amide bonds. The van der Waals surface area contributed by atoms with Crippen molar-refractivity contribution in [2.75, 3.05) is 26.7 Å². The van der Waals surface area contributed by atoms with E-state index in [1.54, 1.807) is 12.1 Å². The molecular formula is C29H37N5O3S. The van der Waals surface area contributed by atoms with Crippen molar-refractivity contribution in [3.05, 3.63) is 57.7 Å². The summed E-state index contributed by atoms with van der Waals surface area (Å²) in [5, 5.41) is 16.1. The van der Waals surface area contributed by atoms with Crippen molar-refractivity contribution in [2.45, 2.75) is 58.5 Å². The number of hydrogen-bond donors (Lipinski definition) is 3. The summed E-state index contributed by atoms with van der Waals surface area (Å²) in [5.74, 6) is 0.168. The summed E-state index contributed by atoms with van der Waals surface area (Å²) in [7, 11) is 2.02. The van der Waals surface area contributed by atoms with Crippen molar-refractivity contribution in [3.63, 3.8) is 0 Å². The van der Waals surface area contributed by atoms with E-state index in [1.165, 1.54) is 16.9 Å². The number of nitrogens with zero attached hydrogens (tertiary/aromatic N) is 3. The van der Waals surface area contributed by atoms with Crippen molar-refractivity contribution < 1.29 is 14.7 Å². The van der Waals surface area contributed by atoms with Gasteiger partial charge in [0.05, 0.1) is 12.1 Å². The number of rotatable bonds is 7. The van der Waals surface area contributed by atoms with Crippen LogP contribution in [0.5, 0.6) is 0 Å². The number of carbonyl (C=O) groups is 2. The highest BCUT2D eigenvalue weighted by atomic mass is 32.1. The molecule has 3 aromatic rings. The van der Waals surface area contributed by atoms with E-state index in [0.29, 0.717) is 22.9 Å². The van der Waals surface area contributed by atoms with Crippen LogP contribution < -0.4 is 10.6 Å². The van der Waals surface area contributed by atoms with Gasteiger partial charge in [0.25, 0.3) is 11.8 Å². The Morgan fingerprint density at radius 3 is 2.68 bits per heavy atom. The summed E-state index contributed by atoms with van der Waals surface area (Å²) >= 11 is 1.30. The van der Waals surface area contributed by atoms with Crippen LogP contribution >= 0.6 is 11.3 Å². The van der Waals surface area contributed by atoms with Gasteiger partial charge in [0.15, 0.2) is 5.01 Å². The Morgan fingerprint density at radius 1 is 1.18 bits per heavy atom. The molecule has 0 spiro atoms. The fourth-order valence-corrected chi connectivity index (χ4v) is 6.32. The molecule has 1 unspecified atom stereocenters. The number of pyridine rings is 1. The first-order valence-corrected chi connectivity index (χ1v) is 14.2. The number of likely N-dealkylation sites (tertiary alicyclic amines) is 1. The van der Waals surface area contributed by atoms with Gasteiger partial charge in [-0.15, -0.1) is 0 Å². The second kappa shape index (κ2) is 10.7. The summed E-state index contributed by atoms with van der Waals surface area (Å²) < 4.78 is 0. The van der Waals surface area contributed by atoms with Crippen molar-refractivity contribution in [1.29, 1.82) is 0 Å². The normalized spacial score (nSPS) is 19.0. The van der Waals surface area contributed by atoms with Crippen LogP contribution in [0.4, 0.5) is 0 Å². The second-order valence-electron chi connectivity index (χ2n) is 11.8. The van der Waals surface area contributed by atoms with Crippen LogP contribution in [-0.4, -0.2) is 64.6 Å². The molecule has 0 radical (unpaired) electrons. The van der Waals surface area contributed by atoms with Crippen molar-refractivity contribution in [3.8, 4) is 0 Å². The number of thiazole rings is 1. The van der Waals surface area contributed by atoms with Crippen LogP contribution in [0, 0.1) is 11.3 Å². The first-order valence-electron chi connectivity index (χ1n) is 13.4. The molecule has 38 heavy (non-hydrogen) atoms. The number of aryl methyl sites for hydroxylation is 1. The number of aliphatic hydroxyl groups excluding tert-OH is 1. The molecule has 9 heteroatoms. The largest absolute Gasteiger partial charge is 0.396 e. The molecule has 1 saturated heterocycles. The highest BCUT2D eigenvalue weighted by molar-refractivity contribution is 7.19. The van der Waals surface area contributed by atoms with Crippen molar-refractivity contribution in [2.24, 2.45) is 11.3 Å². The van der Waals surface area contributed by atoms with Gasteiger partial charge in [0, 0.05) is 31.0 Å². The van der Waals surface area contributed by atoms with Crippen molar-refractivity contribution in [1.82, 2.24) is 25.5 Å². The first-order chi connectivity index (χ1) is 18.1. The number of aromatic nitrogens is 2. The third-order valence-corrected chi connectivity index (χ3v) is 8.80. The van der Waals surface area contributed by atoms with Gasteiger partial charge in [0.2, 0.25) is 0 Å². The fourth-order valence-electron chi connectivity index (χ4n) is 5.48. The molecule has 5 rings (SSSR count). The van der Waals surface area contributed by atoms with Gasteiger partial charge >= 0.3 is 0 Å². The van der Waals surface area contributed by atoms with E-state index >= 15 is 0 Å². The highest BCUT2D eigenvalue weighted by Gasteiger charge is 2.30. The molecule has 202 valence electrons. The zero-order valence-corrected chi connectivity index (χ0v) is 23.4. The first kappa shape index (κ1) is 26.7. The van der Waals surface area contributed by atoms with Gasteiger partial charge in [-0.3, -0.25) is 9.59 Å². The maximum atomic E-state index is 13.3. The van der Waals surface area contributed by atoms with E-state index in [0.717, 1.165) is 54.0 Å². The molecule has 1 aliphatic heterocycles. The lowest BCUT2D eigenvalue weighted by Gasteiger charge is -2.36. The smallest absolute Gasteiger partial charge is 0.280 e. The molecule has 0 saturated carbocycles. The van der Waals surface area contributed by atoms with E-state index in [-0.39, 0.29) is 29.9 Å². The molecule has 2 aliphatic rings. The van der Waals surface area contributed by atoms with Crippen LogP contribution in [-0.2, 0) is 12.8 Å². The van der Waals surface area contributed by atoms with Crippen LogP contribution in [0.3, 0.4) is 0 Å². The van der Waals surface area contributed by atoms with E-state index in [9.17, 15) is 14.7 Å². The average molecular weight is 536 g/mol. The van der Waals surface area contributed by atoms with Crippen LogP contribution in [0.2, 0.25) is 0 Å². The molecule has 1 aliphatic carbocycles. The van der Waals surface area contributed by atoms with Crippen LogP contribution in [0.1, 0.15) is 76.6 Å². The molecular weight excluding hydrogens is 498 g/mol. The lowest BCUT2D eigenvalue weighted by Crippen LogP contribution is -2.57. The number of hydrogen-bond acceptors (Lipinski definition) is 7. The predicted molar refractivity (Wildman–Crippen MR) is 149 cm³/mol. The van der Waals surface area contributed by atoms with Gasteiger partial charge < -0.3 is 20.6 Å². The van der Waals surface area contributed by atoms with Gasteiger partial charge in [-0.25, -0.2) is 9.97 Å². The lowest BCUT2D eigenvalue weighted by atomic mass is 9.71. The number of likely N-dealkylation sites (N-methyl/N-ethyl adjacent to an activating group) is 1. The second-order valence-corrected chi connectivity index (χ2v) is 12.8. The number of benzene rings is 1. The minimum absolute atomic E-state index is 0.0984. The quantitative estimate of drug-likeness (QED) is 0.426. The SMILES string of the molecule is CN1CC(NC(=O)c2cccc([C@@H](CCO)NC(=O)c3nc4cc5c(nc4s3)CCC(C(C)(C)C)C5)c2)C1. The summed E-state index contributed by atoms with van der Waals surface area (Å²) in [5.41, 5.74) is 4.67. The monoisotopic (exact) mass is 535 g/mol. The van der Waals surface area contributed by atoms with Gasteiger partial charge in [0.1, 0.15) is 10.3 Å². The fraction of sp³-hybridized carbons (Fsp3) is 0.517. The van der Waals surface area contributed by atoms with Crippen LogP contribution in [0.25, 0.3) is 10.3 Å². The van der Waals surface area contributed by atoms with E-state index in [1.807, 2.05) is 19.2 Å².